The van der Waals surface area contributed by atoms with E-state index in [0.29, 0.717) is 25.9 Å². The number of piperazine rings is 1. The molecule has 1 saturated heterocycles. The molecular weight excluding hydrogens is 272 g/mol. The fourth-order valence-electron chi connectivity index (χ4n) is 3.55. The lowest BCUT2D eigenvalue weighted by Gasteiger charge is -2.45. The molecule has 21 heavy (non-hydrogen) atoms. The quantitative estimate of drug-likeness (QED) is 0.846. The lowest BCUT2D eigenvalue weighted by atomic mass is 9.81. The molecule has 1 aliphatic carbocycles. The van der Waals surface area contributed by atoms with Gasteiger partial charge in [-0.1, -0.05) is 12.8 Å². The minimum absolute atomic E-state index is 0.00274. The number of carboxylic acid groups (broad SMARTS) is 1. The molecule has 2 rings (SSSR count). The number of hydrogen-bond donors (Lipinski definition) is 1. The van der Waals surface area contributed by atoms with Gasteiger partial charge in [0.25, 0.3) is 0 Å². The van der Waals surface area contributed by atoms with Crippen LogP contribution in [0.15, 0.2) is 0 Å². The zero-order valence-corrected chi connectivity index (χ0v) is 13.0. The highest BCUT2D eigenvalue weighted by Crippen LogP contribution is 2.42. The van der Waals surface area contributed by atoms with Gasteiger partial charge >= 0.3 is 5.97 Å². The molecule has 1 N–H and O–H groups in total. The topological polar surface area (TPSA) is 77.9 Å². The zero-order chi connectivity index (χ0) is 15.8. The monoisotopic (exact) mass is 296 g/mol. The maximum atomic E-state index is 12.6. The van der Waals surface area contributed by atoms with Crippen molar-refractivity contribution in [2.75, 3.05) is 20.1 Å². The molecule has 2 aliphatic rings. The molecule has 2 fully saturated rings. The lowest BCUT2D eigenvalue weighted by Crippen LogP contribution is -2.64. The molecule has 6 heteroatoms. The number of rotatable bonds is 3. The summed E-state index contributed by atoms with van der Waals surface area (Å²) in [7, 11) is 1.72. The van der Waals surface area contributed by atoms with E-state index in [0.717, 1.165) is 12.8 Å². The Kier molecular flexibility index (Phi) is 4.00. The Morgan fingerprint density at radius 2 is 1.76 bits per heavy atom. The Morgan fingerprint density at radius 3 is 2.29 bits per heavy atom. The Labute approximate surface area is 125 Å². The van der Waals surface area contributed by atoms with E-state index in [-0.39, 0.29) is 18.2 Å². The molecule has 1 heterocycles. The van der Waals surface area contributed by atoms with E-state index in [1.165, 1.54) is 0 Å². The molecule has 6 nitrogen and oxygen atoms in total. The van der Waals surface area contributed by atoms with E-state index >= 15 is 0 Å². The van der Waals surface area contributed by atoms with Crippen molar-refractivity contribution in [2.24, 2.45) is 5.41 Å². The molecule has 0 aromatic carbocycles. The molecule has 0 radical (unpaired) electrons. The van der Waals surface area contributed by atoms with E-state index in [1.807, 2.05) is 0 Å². The second kappa shape index (κ2) is 5.31. The zero-order valence-electron chi connectivity index (χ0n) is 13.0. The van der Waals surface area contributed by atoms with Crippen LogP contribution in [0.2, 0.25) is 0 Å². The average molecular weight is 296 g/mol. The molecule has 1 saturated carbocycles. The largest absolute Gasteiger partial charge is 0.481 e. The number of nitrogens with zero attached hydrogens (tertiary/aromatic N) is 2. The first-order valence-electron chi connectivity index (χ1n) is 7.50. The molecule has 0 aromatic heterocycles. The Bertz CT molecular complexity index is 466. The van der Waals surface area contributed by atoms with Crippen molar-refractivity contribution >= 4 is 17.8 Å². The summed E-state index contributed by atoms with van der Waals surface area (Å²) in [6.07, 6.45) is 2.81. The van der Waals surface area contributed by atoms with Crippen molar-refractivity contribution < 1.29 is 19.5 Å². The van der Waals surface area contributed by atoms with Crippen LogP contribution in [0.5, 0.6) is 0 Å². The first kappa shape index (κ1) is 15.8. The number of hydrogen-bond acceptors (Lipinski definition) is 3. The van der Waals surface area contributed by atoms with E-state index in [9.17, 15) is 19.5 Å². The van der Waals surface area contributed by atoms with Crippen LogP contribution >= 0.6 is 0 Å². The predicted octanol–water partition coefficient (Wildman–Crippen LogP) is 1.10. The third kappa shape index (κ3) is 2.63. The van der Waals surface area contributed by atoms with Gasteiger partial charge in [0.15, 0.2) is 0 Å². The van der Waals surface area contributed by atoms with Gasteiger partial charge in [0.2, 0.25) is 11.8 Å². The molecule has 118 valence electrons. The summed E-state index contributed by atoms with van der Waals surface area (Å²) in [6.45, 7) is 4.41. The van der Waals surface area contributed by atoms with Crippen LogP contribution in [0.3, 0.4) is 0 Å². The second-order valence-corrected chi connectivity index (χ2v) is 6.80. The highest BCUT2D eigenvalue weighted by Gasteiger charge is 2.48. The van der Waals surface area contributed by atoms with Crippen LogP contribution in [0.1, 0.15) is 46.0 Å². The third-order valence-electron chi connectivity index (χ3n) is 5.01. The van der Waals surface area contributed by atoms with Crippen LogP contribution in [-0.4, -0.2) is 58.4 Å². The van der Waals surface area contributed by atoms with Gasteiger partial charge in [-0.15, -0.1) is 0 Å². The Hall–Kier alpha value is -1.59. The highest BCUT2D eigenvalue weighted by molar-refractivity contribution is 5.93. The number of likely N-dealkylation sites (N-methyl/N-ethyl adjacent to an activating group) is 1. The minimum Gasteiger partial charge on any atom is -0.481 e. The fourth-order valence-corrected chi connectivity index (χ4v) is 3.55. The van der Waals surface area contributed by atoms with Gasteiger partial charge in [0, 0.05) is 26.6 Å². The van der Waals surface area contributed by atoms with Gasteiger partial charge in [0.1, 0.15) is 5.54 Å². The van der Waals surface area contributed by atoms with Gasteiger partial charge in [-0.05, 0) is 26.7 Å². The maximum absolute atomic E-state index is 12.6. The van der Waals surface area contributed by atoms with Crippen molar-refractivity contribution in [3.8, 4) is 0 Å². The van der Waals surface area contributed by atoms with Gasteiger partial charge in [-0.25, -0.2) is 0 Å². The second-order valence-electron chi connectivity index (χ2n) is 6.80. The predicted molar refractivity (Wildman–Crippen MR) is 76.6 cm³/mol. The minimum atomic E-state index is -0.931. The number of carbonyl (C=O) groups excluding carboxylic acids is 2. The number of carbonyl (C=O) groups is 3. The standard InChI is InChI=1S/C15H24N2O4/c1-14(2)12(19)16(3)8-9-17(14)11(18)10-15(13(20)21)6-4-5-7-15/h4-10H2,1-3H3,(H,20,21). The molecular formula is C15H24N2O4. The van der Waals surface area contributed by atoms with Gasteiger partial charge in [-0.3, -0.25) is 14.4 Å². The van der Waals surface area contributed by atoms with Crippen LogP contribution in [0.4, 0.5) is 0 Å². The third-order valence-corrected chi connectivity index (χ3v) is 5.01. The van der Waals surface area contributed by atoms with E-state index in [4.69, 9.17) is 0 Å². The molecule has 1 aliphatic heterocycles. The average Bonchev–Trinajstić information content (AvgIpc) is 2.85. The van der Waals surface area contributed by atoms with Crippen molar-refractivity contribution in [2.45, 2.75) is 51.5 Å². The molecule has 0 atom stereocenters. The number of aliphatic carboxylic acids is 1. The molecule has 0 bridgehead atoms. The molecule has 0 unspecified atom stereocenters. The summed E-state index contributed by atoms with van der Waals surface area (Å²) >= 11 is 0. The van der Waals surface area contributed by atoms with Crippen molar-refractivity contribution in [1.29, 1.82) is 0 Å². The van der Waals surface area contributed by atoms with Crippen LogP contribution in [0.25, 0.3) is 0 Å². The van der Waals surface area contributed by atoms with Crippen molar-refractivity contribution in [3.63, 3.8) is 0 Å². The Morgan fingerprint density at radius 1 is 1.19 bits per heavy atom. The van der Waals surface area contributed by atoms with Crippen LogP contribution < -0.4 is 0 Å². The first-order valence-corrected chi connectivity index (χ1v) is 7.50. The summed E-state index contributed by atoms with van der Waals surface area (Å²) in [6, 6.07) is 0. The fraction of sp³-hybridized carbons (Fsp3) is 0.800. The molecule has 0 aromatic rings. The highest BCUT2D eigenvalue weighted by atomic mass is 16.4. The van der Waals surface area contributed by atoms with Crippen LogP contribution in [-0.2, 0) is 14.4 Å². The molecule has 2 amide bonds. The first-order chi connectivity index (χ1) is 9.70. The van der Waals surface area contributed by atoms with E-state index < -0.39 is 16.9 Å². The van der Waals surface area contributed by atoms with E-state index in [2.05, 4.69) is 0 Å². The SMILES string of the molecule is CN1CCN(C(=O)CC2(C(=O)O)CCCC2)C(C)(C)C1=O. The summed E-state index contributed by atoms with van der Waals surface area (Å²) in [4.78, 5) is 39.6. The number of carboxylic acids is 1. The summed E-state index contributed by atoms with van der Waals surface area (Å²) < 4.78 is 0. The lowest BCUT2D eigenvalue weighted by molar-refractivity contribution is -0.162. The molecule has 0 spiro atoms. The van der Waals surface area contributed by atoms with Crippen molar-refractivity contribution in [1.82, 2.24) is 9.80 Å². The number of amides is 2. The normalized spacial score (nSPS) is 24.2. The van der Waals surface area contributed by atoms with Gasteiger partial charge < -0.3 is 14.9 Å². The smallest absolute Gasteiger partial charge is 0.310 e. The van der Waals surface area contributed by atoms with Gasteiger partial charge in [-0.2, -0.15) is 0 Å². The summed E-state index contributed by atoms with van der Waals surface area (Å²) in [5, 5.41) is 9.49. The maximum Gasteiger partial charge on any atom is 0.310 e. The van der Waals surface area contributed by atoms with Crippen molar-refractivity contribution in [3.05, 3.63) is 0 Å². The summed E-state index contributed by atoms with van der Waals surface area (Å²) in [5.41, 5.74) is -1.83. The van der Waals surface area contributed by atoms with E-state index in [1.54, 1.807) is 30.7 Å². The van der Waals surface area contributed by atoms with Crippen LogP contribution in [0, 0.1) is 5.41 Å². The van der Waals surface area contributed by atoms with Gasteiger partial charge in [0.05, 0.1) is 5.41 Å². The Balaban J connectivity index is 2.16. The summed E-state index contributed by atoms with van der Waals surface area (Å²) in [5.74, 6) is -1.20.